The van der Waals surface area contributed by atoms with Gasteiger partial charge < -0.3 is 4.90 Å². The van der Waals surface area contributed by atoms with Crippen molar-refractivity contribution in [2.75, 3.05) is 18.5 Å². The van der Waals surface area contributed by atoms with Crippen molar-refractivity contribution in [3.05, 3.63) is 28.8 Å². The first-order valence-electron chi connectivity index (χ1n) is 4.68. The summed E-state index contributed by atoms with van der Waals surface area (Å²) < 4.78 is 0. The zero-order chi connectivity index (χ0) is 10.1. The van der Waals surface area contributed by atoms with Gasteiger partial charge in [0.25, 0.3) is 0 Å². The maximum Gasteiger partial charge on any atom is 0.139 e. The fourth-order valence-electron chi connectivity index (χ4n) is 1.78. The van der Waals surface area contributed by atoms with Crippen LogP contribution in [-0.4, -0.2) is 19.4 Å². The van der Waals surface area contributed by atoms with Crippen LogP contribution in [0.1, 0.15) is 12.0 Å². The third kappa shape index (κ3) is 1.75. The minimum atomic E-state index is 0.290. The number of benzene rings is 1. The molecule has 0 N–H and O–H groups in total. The van der Waals surface area contributed by atoms with Gasteiger partial charge in [-0.3, -0.25) is 4.79 Å². The second-order valence-corrected chi connectivity index (χ2v) is 4.10. The first kappa shape index (κ1) is 9.53. The van der Waals surface area contributed by atoms with Gasteiger partial charge in [0.2, 0.25) is 0 Å². The molecule has 0 unspecified atom stereocenters. The number of rotatable bonds is 0. The minimum Gasteiger partial charge on any atom is -0.374 e. The highest BCUT2D eigenvalue weighted by molar-refractivity contribution is 6.30. The van der Waals surface area contributed by atoms with Crippen molar-refractivity contribution in [2.24, 2.45) is 0 Å². The smallest absolute Gasteiger partial charge is 0.139 e. The number of Topliss-reactive ketones (excluding diaryl/α,β-unsaturated/α-hetero) is 1. The zero-order valence-corrected chi connectivity index (χ0v) is 8.84. The molecule has 0 atom stereocenters. The monoisotopic (exact) mass is 209 g/mol. The SMILES string of the molecule is CN1CCC(=O)Cc2cc(Cl)ccc21. The Morgan fingerprint density at radius 3 is 3.00 bits per heavy atom. The Bertz CT molecular complexity index is 376. The van der Waals surface area contributed by atoms with E-state index in [1.807, 2.05) is 25.2 Å². The lowest BCUT2D eigenvalue weighted by Gasteiger charge is -2.18. The number of carbonyl (C=O) groups excluding carboxylic acids is 1. The summed E-state index contributed by atoms with van der Waals surface area (Å²) >= 11 is 5.90. The van der Waals surface area contributed by atoms with Crippen molar-refractivity contribution in [3.8, 4) is 0 Å². The van der Waals surface area contributed by atoms with Gasteiger partial charge in [-0.05, 0) is 23.8 Å². The van der Waals surface area contributed by atoms with Gasteiger partial charge in [0, 0.05) is 37.1 Å². The summed E-state index contributed by atoms with van der Waals surface area (Å²) in [6.07, 6.45) is 1.14. The first-order valence-corrected chi connectivity index (χ1v) is 5.06. The molecule has 14 heavy (non-hydrogen) atoms. The summed E-state index contributed by atoms with van der Waals surface area (Å²) in [6, 6.07) is 5.74. The van der Waals surface area contributed by atoms with E-state index in [4.69, 9.17) is 11.6 Å². The average Bonchev–Trinajstić information content (AvgIpc) is 2.26. The Balaban J connectivity index is 2.46. The maximum atomic E-state index is 11.4. The van der Waals surface area contributed by atoms with E-state index in [2.05, 4.69) is 4.90 Å². The maximum absolute atomic E-state index is 11.4. The number of ketones is 1. The molecule has 0 bridgehead atoms. The highest BCUT2D eigenvalue weighted by atomic mass is 35.5. The molecule has 1 heterocycles. The van der Waals surface area contributed by atoms with Gasteiger partial charge >= 0.3 is 0 Å². The lowest BCUT2D eigenvalue weighted by molar-refractivity contribution is -0.118. The normalized spacial score (nSPS) is 16.4. The number of carbonyl (C=O) groups is 1. The molecule has 1 aromatic rings. The van der Waals surface area contributed by atoms with Crippen molar-refractivity contribution in [1.29, 1.82) is 0 Å². The van der Waals surface area contributed by atoms with Gasteiger partial charge in [-0.25, -0.2) is 0 Å². The van der Waals surface area contributed by atoms with Crippen LogP contribution in [0, 0.1) is 0 Å². The van der Waals surface area contributed by atoms with Gasteiger partial charge in [0.05, 0.1) is 0 Å². The fraction of sp³-hybridized carbons (Fsp3) is 0.364. The Hall–Kier alpha value is -1.02. The molecule has 1 aliphatic rings. The van der Waals surface area contributed by atoms with Crippen LogP contribution in [0.5, 0.6) is 0 Å². The quantitative estimate of drug-likeness (QED) is 0.654. The highest BCUT2D eigenvalue weighted by Crippen LogP contribution is 2.26. The molecule has 2 rings (SSSR count). The second kappa shape index (κ2) is 3.62. The first-order chi connectivity index (χ1) is 6.66. The van der Waals surface area contributed by atoms with Gasteiger partial charge in [0.1, 0.15) is 5.78 Å². The summed E-state index contributed by atoms with van der Waals surface area (Å²) in [7, 11) is 2.01. The molecule has 2 nitrogen and oxygen atoms in total. The summed E-state index contributed by atoms with van der Waals surface area (Å²) in [5.41, 5.74) is 2.17. The molecule has 0 spiro atoms. The molecule has 1 aliphatic heterocycles. The number of hydrogen-bond acceptors (Lipinski definition) is 2. The molecule has 0 saturated heterocycles. The van der Waals surface area contributed by atoms with Crippen LogP contribution in [0.3, 0.4) is 0 Å². The Kier molecular flexibility index (Phi) is 2.46. The predicted octanol–water partition coefficient (Wildman–Crippen LogP) is 2.29. The van der Waals surface area contributed by atoms with E-state index in [-0.39, 0.29) is 5.78 Å². The zero-order valence-electron chi connectivity index (χ0n) is 8.09. The van der Waals surface area contributed by atoms with E-state index in [1.165, 1.54) is 0 Å². The molecule has 3 heteroatoms. The van der Waals surface area contributed by atoms with Gasteiger partial charge in [0.15, 0.2) is 0 Å². The molecule has 0 radical (unpaired) electrons. The Labute approximate surface area is 88.5 Å². The Morgan fingerprint density at radius 2 is 2.21 bits per heavy atom. The molecular formula is C11H12ClNO. The Morgan fingerprint density at radius 1 is 1.43 bits per heavy atom. The van der Waals surface area contributed by atoms with Crippen LogP contribution in [-0.2, 0) is 11.2 Å². The van der Waals surface area contributed by atoms with Crippen LogP contribution in [0.2, 0.25) is 5.02 Å². The van der Waals surface area contributed by atoms with Crippen LogP contribution in [0.25, 0.3) is 0 Å². The van der Waals surface area contributed by atoms with Crippen molar-refractivity contribution < 1.29 is 4.79 Å². The molecule has 74 valence electrons. The van der Waals surface area contributed by atoms with E-state index >= 15 is 0 Å². The number of anilines is 1. The number of fused-ring (bicyclic) bond motifs is 1. The second-order valence-electron chi connectivity index (χ2n) is 3.66. The number of hydrogen-bond donors (Lipinski definition) is 0. The number of halogens is 1. The molecule has 1 aromatic carbocycles. The van der Waals surface area contributed by atoms with Crippen LogP contribution in [0.15, 0.2) is 18.2 Å². The fourth-order valence-corrected chi connectivity index (χ4v) is 1.98. The van der Waals surface area contributed by atoms with E-state index in [1.54, 1.807) is 0 Å². The summed E-state index contributed by atoms with van der Waals surface area (Å²) in [5.74, 6) is 0.290. The summed E-state index contributed by atoms with van der Waals surface area (Å²) in [6.45, 7) is 0.799. The van der Waals surface area contributed by atoms with Gasteiger partial charge in [-0.2, -0.15) is 0 Å². The van der Waals surface area contributed by atoms with Crippen LogP contribution < -0.4 is 4.90 Å². The van der Waals surface area contributed by atoms with E-state index < -0.39 is 0 Å². The largest absolute Gasteiger partial charge is 0.374 e. The highest BCUT2D eigenvalue weighted by Gasteiger charge is 2.16. The summed E-state index contributed by atoms with van der Waals surface area (Å²) in [5, 5.41) is 0.701. The van der Waals surface area contributed by atoms with Crippen molar-refractivity contribution in [2.45, 2.75) is 12.8 Å². The molecule has 0 amide bonds. The van der Waals surface area contributed by atoms with Crippen molar-refractivity contribution in [1.82, 2.24) is 0 Å². The van der Waals surface area contributed by atoms with Gasteiger partial charge in [-0.1, -0.05) is 11.6 Å². The third-order valence-corrected chi connectivity index (χ3v) is 2.80. The lowest BCUT2D eigenvalue weighted by atomic mass is 10.1. The van der Waals surface area contributed by atoms with Crippen LogP contribution in [0.4, 0.5) is 5.69 Å². The summed E-state index contributed by atoms with van der Waals surface area (Å²) in [4.78, 5) is 13.5. The molecule has 0 fully saturated rings. The van der Waals surface area contributed by atoms with E-state index in [0.29, 0.717) is 17.9 Å². The average molecular weight is 210 g/mol. The van der Waals surface area contributed by atoms with E-state index in [0.717, 1.165) is 17.8 Å². The van der Waals surface area contributed by atoms with Crippen molar-refractivity contribution >= 4 is 23.1 Å². The van der Waals surface area contributed by atoms with Gasteiger partial charge in [-0.15, -0.1) is 0 Å². The van der Waals surface area contributed by atoms with E-state index in [9.17, 15) is 4.79 Å². The molecule has 0 aromatic heterocycles. The molecular weight excluding hydrogens is 198 g/mol. The van der Waals surface area contributed by atoms with Crippen molar-refractivity contribution in [3.63, 3.8) is 0 Å². The predicted molar refractivity (Wildman–Crippen MR) is 58.1 cm³/mol. The van der Waals surface area contributed by atoms with Crippen LogP contribution >= 0.6 is 11.6 Å². The third-order valence-electron chi connectivity index (χ3n) is 2.57. The molecule has 0 saturated carbocycles. The minimum absolute atomic E-state index is 0.290. The topological polar surface area (TPSA) is 20.3 Å². The standard InChI is InChI=1S/C11H12ClNO/c1-13-5-4-10(14)7-8-6-9(12)2-3-11(8)13/h2-3,6H,4-5,7H2,1H3. The number of nitrogens with zero attached hydrogens (tertiary/aromatic N) is 1. The lowest BCUT2D eigenvalue weighted by Crippen LogP contribution is -2.18. The molecule has 0 aliphatic carbocycles.